The maximum Gasteiger partial charge on any atom is 0.335 e. The van der Waals surface area contributed by atoms with Gasteiger partial charge in [-0.2, -0.15) is 0 Å². The van der Waals surface area contributed by atoms with Gasteiger partial charge >= 0.3 is 5.97 Å². The zero-order valence-electron chi connectivity index (χ0n) is 24.7. The van der Waals surface area contributed by atoms with E-state index < -0.39 is 21.7 Å². The minimum absolute atomic E-state index is 0.0497. The van der Waals surface area contributed by atoms with E-state index >= 15 is 0 Å². The summed E-state index contributed by atoms with van der Waals surface area (Å²) in [5.74, 6) is -1.13. The number of aryl methyl sites for hydroxylation is 1. The average Bonchev–Trinajstić information content (AvgIpc) is 3.03. The van der Waals surface area contributed by atoms with Crippen LogP contribution in [0, 0.1) is 0 Å². The summed E-state index contributed by atoms with van der Waals surface area (Å²) >= 11 is 0. The highest BCUT2D eigenvalue weighted by atomic mass is 32.2. The molecule has 0 heterocycles. The van der Waals surface area contributed by atoms with Gasteiger partial charge in [-0.05, 0) is 89.7 Å². The van der Waals surface area contributed by atoms with Crippen LogP contribution < -0.4 is 14.8 Å². The number of aromatic hydroxyl groups is 1. The highest BCUT2D eigenvalue weighted by Gasteiger charge is 2.17. The first-order valence-corrected chi connectivity index (χ1v) is 16.1. The zero-order chi connectivity index (χ0) is 32.5. The van der Waals surface area contributed by atoms with Crippen LogP contribution in [0.3, 0.4) is 0 Å². The molecule has 0 fully saturated rings. The number of carbonyl (C=O) groups excluding carboxylic acids is 1. The molecule has 0 atom stereocenters. The topological polar surface area (TPSA) is 142 Å². The smallest absolute Gasteiger partial charge is 0.335 e. The molecule has 0 aromatic heterocycles. The number of aromatic carboxylic acids is 1. The Balaban J connectivity index is 1.12. The second-order valence-corrected chi connectivity index (χ2v) is 12.3. The van der Waals surface area contributed by atoms with Crippen LogP contribution in [0.25, 0.3) is 11.1 Å². The lowest BCUT2D eigenvalue weighted by Crippen LogP contribution is -2.17. The highest BCUT2D eigenvalue weighted by Crippen LogP contribution is 2.24. The van der Waals surface area contributed by atoms with E-state index in [0.29, 0.717) is 42.1 Å². The molecule has 0 radical (unpaired) electrons. The summed E-state index contributed by atoms with van der Waals surface area (Å²) in [5.41, 5.74) is 4.28. The summed E-state index contributed by atoms with van der Waals surface area (Å²) in [6, 6.07) is 34.2. The molecule has 9 nitrogen and oxygen atoms in total. The third-order valence-corrected chi connectivity index (χ3v) is 8.33. The summed E-state index contributed by atoms with van der Waals surface area (Å²) in [5, 5.41) is 21.8. The molecule has 46 heavy (non-hydrogen) atoms. The number of amides is 1. The van der Waals surface area contributed by atoms with Crippen molar-refractivity contribution in [3.63, 3.8) is 0 Å². The van der Waals surface area contributed by atoms with Gasteiger partial charge in [-0.1, -0.05) is 60.7 Å². The van der Waals surface area contributed by atoms with Gasteiger partial charge in [-0.15, -0.1) is 0 Å². The largest absolute Gasteiger partial charge is 0.508 e. The number of sulfonamides is 1. The number of benzene rings is 5. The second kappa shape index (κ2) is 14.4. The van der Waals surface area contributed by atoms with Gasteiger partial charge in [0.05, 0.1) is 17.9 Å². The molecule has 5 rings (SSSR count). The number of rotatable bonds is 13. The maximum atomic E-state index is 13.0. The van der Waals surface area contributed by atoms with Gasteiger partial charge in [0, 0.05) is 23.0 Å². The molecule has 0 unspecified atom stereocenters. The summed E-state index contributed by atoms with van der Waals surface area (Å²) < 4.78 is 34.0. The molecule has 0 spiro atoms. The van der Waals surface area contributed by atoms with E-state index in [1.165, 1.54) is 12.1 Å². The third-order valence-electron chi connectivity index (χ3n) is 7.09. The normalized spacial score (nSPS) is 11.0. The molecule has 0 saturated carbocycles. The Hall–Kier alpha value is -5.61. The van der Waals surface area contributed by atoms with Gasteiger partial charge in [0.1, 0.15) is 11.5 Å². The fourth-order valence-corrected chi connectivity index (χ4v) is 6.11. The van der Waals surface area contributed by atoms with Crippen molar-refractivity contribution < 1.29 is 33.0 Å². The Morgan fingerprint density at radius 3 is 2.28 bits per heavy atom. The zero-order valence-corrected chi connectivity index (χ0v) is 25.5. The van der Waals surface area contributed by atoms with Crippen molar-refractivity contribution in [2.75, 3.05) is 16.6 Å². The molecule has 0 saturated heterocycles. The van der Waals surface area contributed by atoms with Crippen LogP contribution in [0.15, 0.2) is 121 Å². The van der Waals surface area contributed by atoms with Crippen LogP contribution in [0.4, 0.5) is 11.4 Å². The molecule has 1 amide bonds. The molecule has 10 heteroatoms. The van der Waals surface area contributed by atoms with E-state index in [1.807, 2.05) is 18.2 Å². The number of phenolic OH excluding ortho intramolecular Hbond substituents is 1. The number of carboxylic acid groups (broad SMARTS) is 1. The quantitative estimate of drug-likeness (QED) is 0.102. The minimum Gasteiger partial charge on any atom is -0.508 e. The Labute approximate surface area is 267 Å². The van der Waals surface area contributed by atoms with Crippen molar-refractivity contribution in [1.29, 1.82) is 0 Å². The maximum absolute atomic E-state index is 13.0. The molecular weight excluding hydrogens is 604 g/mol. The van der Waals surface area contributed by atoms with Crippen molar-refractivity contribution in [2.45, 2.75) is 18.6 Å². The predicted molar refractivity (Wildman–Crippen MR) is 178 cm³/mol. The van der Waals surface area contributed by atoms with E-state index in [0.717, 1.165) is 16.7 Å². The molecular formula is C36H32N2O7S. The van der Waals surface area contributed by atoms with Gasteiger partial charge in [-0.25, -0.2) is 13.2 Å². The lowest BCUT2D eigenvalue weighted by molar-refractivity contribution is 0.0695. The number of hydrogen-bond donors (Lipinski definition) is 4. The number of ether oxygens (including phenoxy) is 1. The average molecular weight is 637 g/mol. The molecule has 0 aliphatic carbocycles. The van der Waals surface area contributed by atoms with Gasteiger partial charge in [0.2, 0.25) is 10.0 Å². The summed E-state index contributed by atoms with van der Waals surface area (Å²) in [6.45, 7) is 0.397. The van der Waals surface area contributed by atoms with Crippen molar-refractivity contribution in [1.82, 2.24) is 0 Å². The van der Waals surface area contributed by atoms with Crippen molar-refractivity contribution >= 4 is 33.3 Å². The van der Waals surface area contributed by atoms with Gasteiger partial charge < -0.3 is 20.3 Å². The number of phenols is 1. The first-order valence-electron chi connectivity index (χ1n) is 14.5. The number of carboxylic acids is 1. The number of hydrogen-bond acceptors (Lipinski definition) is 6. The first-order chi connectivity index (χ1) is 22.1. The van der Waals surface area contributed by atoms with Gasteiger partial charge in [0.25, 0.3) is 5.91 Å². The SMILES string of the molecule is O=C(Nc1cccc(OCCCc2cccc(NS(=O)(=O)Cc3ccccc3C(=O)O)c2)c1)c1cccc(-c2ccc(O)cc2)c1. The first kappa shape index (κ1) is 31.8. The van der Waals surface area contributed by atoms with Gasteiger partial charge in [0.15, 0.2) is 0 Å². The standard InChI is InChI=1S/C36H32N2O7S/c39-32-18-16-26(17-19-32)27-10-4-11-28(22-27)35(40)37-30-12-5-14-33(23-30)45-20-6-8-25-7-3-13-31(21-25)38-46(43,44)24-29-9-1-2-15-34(29)36(41)42/h1-5,7,9-19,21-23,38-39H,6,8,20,24H2,(H,37,40)(H,41,42). The van der Waals surface area contributed by atoms with Crippen molar-refractivity contribution in [3.8, 4) is 22.6 Å². The molecule has 0 aliphatic heterocycles. The van der Waals surface area contributed by atoms with Gasteiger partial charge in [-0.3, -0.25) is 9.52 Å². The fraction of sp³-hybridized carbons (Fsp3) is 0.111. The van der Waals surface area contributed by atoms with E-state index in [9.17, 15) is 28.2 Å². The number of nitrogens with one attached hydrogen (secondary N) is 2. The molecule has 5 aromatic rings. The van der Waals surface area contributed by atoms with Crippen molar-refractivity contribution in [3.05, 3.63) is 144 Å². The van der Waals surface area contributed by atoms with Crippen molar-refractivity contribution in [2.24, 2.45) is 0 Å². The highest BCUT2D eigenvalue weighted by molar-refractivity contribution is 7.91. The van der Waals surface area contributed by atoms with E-state index in [1.54, 1.807) is 91.0 Å². The predicted octanol–water partition coefficient (Wildman–Crippen LogP) is 6.96. The number of carbonyl (C=O) groups is 2. The van der Waals surface area contributed by atoms with E-state index in [-0.39, 0.29) is 22.8 Å². The summed E-state index contributed by atoms with van der Waals surface area (Å²) in [7, 11) is -3.85. The second-order valence-electron chi connectivity index (χ2n) is 10.6. The lowest BCUT2D eigenvalue weighted by atomic mass is 10.0. The van der Waals surface area contributed by atoms with Crippen LogP contribution in [-0.4, -0.2) is 37.1 Å². The Morgan fingerprint density at radius 2 is 1.48 bits per heavy atom. The minimum atomic E-state index is -3.85. The third kappa shape index (κ3) is 8.73. The van der Waals surface area contributed by atoms with Crippen LogP contribution in [0.5, 0.6) is 11.5 Å². The van der Waals surface area contributed by atoms with E-state index in [2.05, 4.69) is 10.0 Å². The Morgan fingerprint density at radius 1 is 0.739 bits per heavy atom. The number of anilines is 2. The molecule has 0 bridgehead atoms. The molecule has 5 aromatic carbocycles. The summed E-state index contributed by atoms with van der Waals surface area (Å²) in [4.78, 5) is 24.4. The molecule has 0 aliphatic rings. The monoisotopic (exact) mass is 636 g/mol. The fourth-order valence-electron chi connectivity index (χ4n) is 4.89. The molecule has 234 valence electrons. The van der Waals surface area contributed by atoms with E-state index in [4.69, 9.17) is 4.74 Å². The lowest BCUT2D eigenvalue weighted by Gasteiger charge is -2.12. The van der Waals surface area contributed by atoms with Crippen LogP contribution in [0.1, 0.15) is 38.3 Å². The van der Waals surface area contributed by atoms with Crippen LogP contribution in [0.2, 0.25) is 0 Å². The molecule has 4 N–H and O–H groups in total. The Kier molecular flexibility index (Phi) is 9.99. The summed E-state index contributed by atoms with van der Waals surface area (Å²) in [6.07, 6.45) is 1.29. The Bertz CT molecular complexity index is 1960. The van der Waals surface area contributed by atoms with Crippen LogP contribution in [-0.2, 0) is 22.2 Å². The van der Waals surface area contributed by atoms with Crippen LogP contribution >= 0.6 is 0 Å².